The molecule has 4 aliphatic carbocycles. The molecule has 0 aromatic heterocycles. The Morgan fingerprint density at radius 2 is 1.68 bits per heavy atom. The van der Waals surface area contributed by atoms with Crippen molar-refractivity contribution in [1.29, 1.82) is 0 Å². The Morgan fingerprint density at radius 1 is 1.02 bits per heavy atom. The van der Waals surface area contributed by atoms with E-state index in [0.29, 0.717) is 19.3 Å². The van der Waals surface area contributed by atoms with Crippen LogP contribution < -0.4 is 0 Å². The van der Waals surface area contributed by atoms with Crippen LogP contribution in [0.5, 0.6) is 0 Å². The molecule has 0 saturated heterocycles. The zero-order valence-corrected chi connectivity index (χ0v) is 25.2. The van der Waals surface area contributed by atoms with Gasteiger partial charge in [-0.25, -0.2) is 27.0 Å². The van der Waals surface area contributed by atoms with Gasteiger partial charge in [-0.15, -0.1) is 0 Å². The second kappa shape index (κ2) is 11.1. The highest BCUT2D eigenvalue weighted by Gasteiger charge is 2.72. The third-order valence-electron chi connectivity index (χ3n) is 11.1. The summed E-state index contributed by atoms with van der Waals surface area (Å²) in [4.78, 5) is 48.9. The lowest BCUT2D eigenvalue weighted by Gasteiger charge is -2.65. The molecule has 4 rings (SSSR count). The van der Waals surface area contributed by atoms with Crippen LogP contribution in [0.4, 0.5) is 8.78 Å². The number of esters is 1. The molecule has 11 unspecified atom stereocenters. The highest BCUT2D eigenvalue weighted by Crippen LogP contribution is 2.72. The van der Waals surface area contributed by atoms with Crippen LogP contribution in [-0.4, -0.2) is 60.4 Å². The van der Waals surface area contributed by atoms with E-state index in [9.17, 15) is 38.3 Å². The summed E-state index contributed by atoms with van der Waals surface area (Å²) in [6.45, 7) is 4.70. The highest BCUT2D eigenvalue weighted by atomic mass is 31.2. The van der Waals surface area contributed by atoms with E-state index in [0.717, 1.165) is 0 Å². The third-order valence-corrected chi connectivity index (χ3v) is 12.0. The number of aliphatic hydroxyl groups is 2. The lowest BCUT2D eigenvalue weighted by atomic mass is 9.42. The zero-order chi connectivity index (χ0) is 30.8. The molecule has 0 aromatic carbocycles. The minimum absolute atomic E-state index is 0.0919. The molecule has 11 atom stereocenters. The van der Waals surface area contributed by atoms with E-state index in [2.05, 4.69) is 4.52 Å². The fourth-order valence-electron chi connectivity index (χ4n) is 9.13. The van der Waals surface area contributed by atoms with Gasteiger partial charge in [0, 0.05) is 31.6 Å². The molecule has 4 fully saturated rings. The minimum atomic E-state index is -5.32. The van der Waals surface area contributed by atoms with Crippen molar-refractivity contribution in [2.24, 2.45) is 46.3 Å². The standard InChI is InChI=1S/C25H42F2O12P2/c1-14(4-7-20(29)37-13-38-40(31,32)33)16-5-6-17-21-18(10-19(28)23(16,17)3)22(2)8-9-24(26,30)11-15(22)12-25(21,27)39-41(34,35)36/h14-19,21,28,30H,4-13H2,1-3H3,(H2,31,32,33)(H2,34,35,36). The molecule has 6 N–H and O–H groups in total. The van der Waals surface area contributed by atoms with Gasteiger partial charge in [0.25, 0.3) is 0 Å². The molecular formula is C25H42F2O12P2. The van der Waals surface area contributed by atoms with Gasteiger partial charge in [0.2, 0.25) is 18.5 Å². The van der Waals surface area contributed by atoms with Crippen LogP contribution in [0.25, 0.3) is 0 Å². The summed E-state index contributed by atoms with van der Waals surface area (Å²) in [7, 11) is -10.1. The first-order valence-corrected chi connectivity index (χ1v) is 17.1. The average molecular weight is 635 g/mol. The van der Waals surface area contributed by atoms with E-state index >= 15 is 4.39 Å². The topological polar surface area (TPSA) is 200 Å². The van der Waals surface area contributed by atoms with Crippen LogP contribution in [0, 0.1) is 46.3 Å². The van der Waals surface area contributed by atoms with Crippen molar-refractivity contribution in [3.05, 3.63) is 0 Å². The van der Waals surface area contributed by atoms with Gasteiger partial charge in [0.15, 0.2) is 0 Å². The monoisotopic (exact) mass is 634 g/mol. The fourth-order valence-corrected chi connectivity index (χ4v) is 9.92. The van der Waals surface area contributed by atoms with Gasteiger partial charge < -0.3 is 34.5 Å². The molecule has 0 amide bonds. The van der Waals surface area contributed by atoms with Crippen LogP contribution in [0.3, 0.4) is 0 Å². The number of carbonyl (C=O) groups is 1. The van der Waals surface area contributed by atoms with Crippen molar-refractivity contribution in [2.45, 2.75) is 96.4 Å². The molecule has 238 valence electrons. The molecular weight excluding hydrogens is 592 g/mol. The fraction of sp³-hybridized carbons (Fsp3) is 0.960. The van der Waals surface area contributed by atoms with E-state index in [1.807, 2.05) is 20.8 Å². The maximum atomic E-state index is 17.0. The van der Waals surface area contributed by atoms with Crippen LogP contribution in [0.1, 0.15) is 78.6 Å². The molecule has 0 aromatic rings. The number of rotatable bonds is 9. The maximum absolute atomic E-state index is 17.0. The van der Waals surface area contributed by atoms with Crippen molar-refractivity contribution in [3.8, 4) is 0 Å². The molecule has 41 heavy (non-hydrogen) atoms. The van der Waals surface area contributed by atoms with Gasteiger partial charge in [0.05, 0.1) is 6.10 Å². The normalized spacial score (nSPS) is 45.3. The Labute approximate surface area is 237 Å². The van der Waals surface area contributed by atoms with Crippen molar-refractivity contribution in [2.75, 3.05) is 6.79 Å². The molecule has 4 saturated carbocycles. The number of hydrogen-bond acceptors (Lipinski definition) is 8. The van der Waals surface area contributed by atoms with Crippen molar-refractivity contribution >= 4 is 21.6 Å². The SMILES string of the molecule is CC(CCC(=O)OCOP(=O)(O)O)C1CCC2C3C(CC(O)C12C)C1(C)CCC(O)(F)CC1CC3(F)OP(=O)(O)O. The summed E-state index contributed by atoms with van der Waals surface area (Å²) in [6, 6.07) is 0. The van der Waals surface area contributed by atoms with E-state index in [4.69, 9.17) is 19.0 Å². The maximum Gasteiger partial charge on any atom is 0.472 e. The predicted molar refractivity (Wildman–Crippen MR) is 138 cm³/mol. The number of halogens is 2. The van der Waals surface area contributed by atoms with Crippen LogP contribution in [0.2, 0.25) is 0 Å². The third kappa shape index (κ3) is 6.62. The van der Waals surface area contributed by atoms with E-state index in [1.165, 1.54) is 0 Å². The molecule has 0 aliphatic heterocycles. The number of ether oxygens (including phenoxy) is 1. The van der Waals surface area contributed by atoms with Crippen molar-refractivity contribution < 1.29 is 66.3 Å². The first-order chi connectivity index (χ1) is 18.6. The van der Waals surface area contributed by atoms with Gasteiger partial charge in [0.1, 0.15) is 0 Å². The van der Waals surface area contributed by atoms with Gasteiger partial charge in [-0.05, 0) is 72.5 Å². The summed E-state index contributed by atoms with van der Waals surface area (Å²) in [5, 5.41) is 21.8. The second-order valence-electron chi connectivity index (χ2n) is 13.2. The van der Waals surface area contributed by atoms with Gasteiger partial charge >= 0.3 is 21.6 Å². The Bertz CT molecular complexity index is 1100. The quantitative estimate of drug-likeness (QED) is 0.122. The molecule has 4 aliphatic rings. The van der Waals surface area contributed by atoms with Gasteiger partial charge in [-0.2, -0.15) is 0 Å². The Balaban J connectivity index is 1.57. The number of aliphatic hydroxyl groups excluding tert-OH is 1. The van der Waals surface area contributed by atoms with Crippen molar-refractivity contribution in [3.63, 3.8) is 0 Å². The minimum Gasteiger partial charge on any atom is -0.438 e. The molecule has 0 heterocycles. The second-order valence-corrected chi connectivity index (χ2v) is 15.6. The number of phosphoric ester groups is 2. The number of alkyl halides is 2. The molecule has 12 nitrogen and oxygen atoms in total. The van der Waals surface area contributed by atoms with Crippen LogP contribution >= 0.6 is 15.6 Å². The van der Waals surface area contributed by atoms with Crippen molar-refractivity contribution in [1.82, 2.24) is 0 Å². The number of fused-ring (bicyclic) bond motifs is 5. The van der Waals surface area contributed by atoms with Gasteiger partial charge in [-0.3, -0.25) is 4.79 Å². The number of carbonyl (C=O) groups excluding carboxylic acids is 1. The molecule has 0 radical (unpaired) electrons. The summed E-state index contributed by atoms with van der Waals surface area (Å²) < 4.78 is 68.2. The smallest absolute Gasteiger partial charge is 0.438 e. The first-order valence-electron chi connectivity index (χ1n) is 14.0. The highest BCUT2D eigenvalue weighted by molar-refractivity contribution is 7.46. The Morgan fingerprint density at radius 3 is 2.29 bits per heavy atom. The van der Waals surface area contributed by atoms with E-state index < -0.39 is 93.6 Å². The predicted octanol–water partition coefficient (Wildman–Crippen LogP) is 3.69. The summed E-state index contributed by atoms with van der Waals surface area (Å²) >= 11 is 0. The number of phosphoric acid groups is 2. The molecule has 16 heteroatoms. The number of hydrogen-bond donors (Lipinski definition) is 6. The summed E-state index contributed by atoms with van der Waals surface area (Å²) in [5.74, 6) is -9.33. The first kappa shape index (κ1) is 33.4. The van der Waals surface area contributed by atoms with E-state index in [1.54, 1.807) is 0 Å². The Hall–Kier alpha value is -0.530. The van der Waals surface area contributed by atoms with Crippen LogP contribution in [0.15, 0.2) is 0 Å². The lowest BCUT2D eigenvalue weighted by Crippen LogP contribution is -2.66. The summed E-state index contributed by atoms with van der Waals surface area (Å²) in [5.41, 5.74) is -1.58. The van der Waals surface area contributed by atoms with Crippen LogP contribution in [-0.2, 0) is 27.7 Å². The average Bonchev–Trinajstić information content (AvgIpc) is 3.15. The van der Waals surface area contributed by atoms with E-state index in [-0.39, 0.29) is 37.5 Å². The van der Waals surface area contributed by atoms with Gasteiger partial charge in [-0.1, -0.05) is 20.8 Å². The zero-order valence-electron chi connectivity index (χ0n) is 23.4. The molecule has 0 bridgehead atoms. The molecule has 0 spiro atoms. The largest absolute Gasteiger partial charge is 0.472 e. The lowest BCUT2D eigenvalue weighted by molar-refractivity contribution is -0.290. The summed E-state index contributed by atoms with van der Waals surface area (Å²) in [6.07, 6.45) is -0.434. The Kier molecular flexibility index (Phi) is 9.05.